The van der Waals surface area contributed by atoms with Gasteiger partial charge in [0.1, 0.15) is 12.3 Å². The third-order valence-corrected chi connectivity index (χ3v) is 6.78. The first-order valence-electron chi connectivity index (χ1n) is 12.2. The van der Waals surface area contributed by atoms with Crippen molar-refractivity contribution in [1.29, 1.82) is 0 Å². The summed E-state index contributed by atoms with van der Waals surface area (Å²) in [7, 11) is 6.34. The van der Waals surface area contributed by atoms with E-state index < -0.39 is 0 Å². The van der Waals surface area contributed by atoms with E-state index in [1.807, 2.05) is 35.7 Å². The van der Waals surface area contributed by atoms with Crippen molar-refractivity contribution >= 4 is 29.0 Å². The number of nitrogens with one attached hydrogen (secondary N) is 1. The zero-order chi connectivity index (χ0) is 27.3. The molecule has 38 heavy (non-hydrogen) atoms. The number of methoxy groups -OCH3 is 4. The number of hydrogen-bond donors (Lipinski definition) is 1. The number of thiophene rings is 1. The molecule has 204 valence electrons. The highest BCUT2D eigenvalue weighted by atomic mass is 32.1. The summed E-state index contributed by atoms with van der Waals surface area (Å²) < 4.78 is 21.1. The van der Waals surface area contributed by atoms with Crippen LogP contribution in [0.2, 0.25) is 0 Å². The fraction of sp³-hybridized carbons (Fsp3) is 0.357. The lowest BCUT2D eigenvalue weighted by molar-refractivity contribution is -0.132. The quantitative estimate of drug-likeness (QED) is 0.323. The summed E-state index contributed by atoms with van der Waals surface area (Å²) in [4.78, 5) is 30.9. The molecule has 0 atom stereocenters. The van der Waals surface area contributed by atoms with E-state index in [0.717, 1.165) is 10.4 Å². The number of urea groups is 1. The zero-order valence-corrected chi connectivity index (χ0v) is 23.1. The van der Waals surface area contributed by atoms with Crippen molar-refractivity contribution < 1.29 is 28.5 Å². The number of hydrogen-bond acceptors (Lipinski definition) is 7. The number of carbonyl (C=O) groups excluding carboxylic acids is 2. The summed E-state index contributed by atoms with van der Waals surface area (Å²) >= 11 is 1.59. The van der Waals surface area contributed by atoms with Crippen LogP contribution in [-0.2, 0) is 22.5 Å². The number of rotatable bonds is 14. The number of nitrogens with zero attached hydrogens (tertiary/aromatic N) is 2. The van der Waals surface area contributed by atoms with Crippen LogP contribution in [-0.4, -0.2) is 76.4 Å². The van der Waals surface area contributed by atoms with Gasteiger partial charge in [0.05, 0.1) is 34.5 Å². The van der Waals surface area contributed by atoms with Crippen molar-refractivity contribution in [2.45, 2.75) is 13.0 Å². The first kappa shape index (κ1) is 28.8. The van der Waals surface area contributed by atoms with Crippen molar-refractivity contribution in [1.82, 2.24) is 9.80 Å². The van der Waals surface area contributed by atoms with Crippen LogP contribution in [0.15, 0.2) is 60.0 Å². The van der Waals surface area contributed by atoms with Gasteiger partial charge in [-0.15, -0.1) is 11.3 Å². The highest BCUT2D eigenvalue weighted by molar-refractivity contribution is 7.09. The van der Waals surface area contributed by atoms with Gasteiger partial charge in [-0.1, -0.05) is 12.1 Å². The Bertz CT molecular complexity index is 1150. The largest absolute Gasteiger partial charge is 0.497 e. The predicted molar refractivity (Wildman–Crippen MR) is 148 cm³/mol. The van der Waals surface area contributed by atoms with Gasteiger partial charge in [0.25, 0.3) is 0 Å². The molecule has 0 aliphatic rings. The molecule has 0 aliphatic heterocycles. The molecule has 0 bridgehead atoms. The van der Waals surface area contributed by atoms with Crippen LogP contribution in [0.25, 0.3) is 0 Å². The summed E-state index contributed by atoms with van der Waals surface area (Å²) in [5.74, 6) is 1.83. The molecule has 1 heterocycles. The number of anilines is 1. The van der Waals surface area contributed by atoms with Crippen LogP contribution in [0.5, 0.6) is 17.2 Å². The van der Waals surface area contributed by atoms with Crippen molar-refractivity contribution in [3.05, 3.63) is 70.4 Å². The Balaban J connectivity index is 1.72. The van der Waals surface area contributed by atoms with Gasteiger partial charge in [-0.3, -0.25) is 4.79 Å². The Morgan fingerprint density at radius 2 is 1.63 bits per heavy atom. The lowest BCUT2D eigenvalue weighted by Gasteiger charge is -2.28. The standard InChI is InChI=1S/C28H35N3O6S/c1-34-16-15-31(28(33)29-22-8-10-23(35-2)11-9-22)20-27(32)30(19-24-6-5-17-38-24)14-13-21-7-12-25(36-3)26(18-21)37-4/h5-12,17-18H,13-16,19-20H2,1-4H3,(H,29,33). The van der Waals surface area contributed by atoms with E-state index in [1.54, 1.807) is 68.9 Å². The van der Waals surface area contributed by atoms with Gasteiger partial charge in [-0.05, 0) is 59.8 Å². The van der Waals surface area contributed by atoms with Crippen LogP contribution < -0.4 is 19.5 Å². The summed E-state index contributed by atoms with van der Waals surface area (Å²) in [5, 5.41) is 4.84. The van der Waals surface area contributed by atoms with Crippen LogP contribution in [0, 0.1) is 0 Å². The molecule has 0 radical (unpaired) electrons. The molecule has 0 unspecified atom stereocenters. The molecule has 9 nitrogen and oxygen atoms in total. The fourth-order valence-electron chi connectivity index (χ4n) is 3.78. The minimum atomic E-state index is -0.378. The highest BCUT2D eigenvalue weighted by Gasteiger charge is 2.22. The van der Waals surface area contributed by atoms with Crippen molar-refractivity contribution in [2.24, 2.45) is 0 Å². The van der Waals surface area contributed by atoms with E-state index >= 15 is 0 Å². The van der Waals surface area contributed by atoms with Crippen molar-refractivity contribution in [3.8, 4) is 17.2 Å². The molecule has 3 amide bonds. The van der Waals surface area contributed by atoms with Crippen LogP contribution in [0.3, 0.4) is 0 Å². The van der Waals surface area contributed by atoms with E-state index in [1.165, 1.54) is 4.90 Å². The first-order valence-corrected chi connectivity index (χ1v) is 13.0. The minimum absolute atomic E-state index is 0.0807. The van der Waals surface area contributed by atoms with Crippen LogP contribution in [0.4, 0.5) is 10.5 Å². The molecule has 0 spiro atoms. The summed E-state index contributed by atoms with van der Waals surface area (Å²) in [6, 6.07) is 16.3. The lowest BCUT2D eigenvalue weighted by atomic mass is 10.1. The minimum Gasteiger partial charge on any atom is -0.497 e. The normalized spacial score (nSPS) is 10.5. The Morgan fingerprint density at radius 3 is 2.26 bits per heavy atom. The molecular formula is C28H35N3O6S. The Labute approximate surface area is 227 Å². The molecule has 1 aromatic heterocycles. The van der Waals surface area contributed by atoms with E-state index in [-0.39, 0.29) is 25.0 Å². The molecule has 3 aromatic rings. The second-order valence-electron chi connectivity index (χ2n) is 8.41. The van der Waals surface area contributed by atoms with Gasteiger partial charge in [-0.25, -0.2) is 4.79 Å². The number of amides is 3. The topological polar surface area (TPSA) is 89.6 Å². The van der Waals surface area contributed by atoms with Gasteiger partial charge in [-0.2, -0.15) is 0 Å². The van der Waals surface area contributed by atoms with Gasteiger partial charge in [0.15, 0.2) is 11.5 Å². The first-order chi connectivity index (χ1) is 18.5. The third kappa shape index (κ3) is 8.39. The second-order valence-corrected chi connectivity index (χ2v) is 9.44. The third-order valence-electron chi connectivity index (χ3n) is 5.92. The van der Waals surface area contributed by atoms with E-state index in [0.29, 0.717) is 49.1 Å². The lowest BCUT2D eigenvalue weighted by Crippen LogP contribution is -2.46. The van der Waals surface area contributed by atoms with Gasteiger partial charge in [0, 0.05) is 30.8 Å². The Morgan fingerprint density at radius 1 is 0.868 bits per heavy atom. The molecule has 0 saturated carbocycles. The average Bonchev–Trinajstić information content (AvgIpc) is 3.46. The maximum Gasteiger partial charge on any atom is 0.322 e. The van der Waals surface area contributed by atoms with Gasteiger partial charge in [0.2, 0.25) is 5.91 Å². The Hall–Kier alpha value is -3.76. The molecule has 10 heteroatoms. The maximum atomic E-state index is 13.5. The van der Waals surface area contributed by atoms with Crippen LogP contribution >= 0.6 is 11.3 Å². The molecule has 2 aromatic carbocycles. The van der Waals surface area contributed by atoms with Crippen LogP contribution in [0.1, 0.15) is 10.4 Å². The molecule has 0 fully saturated rings. The summed E-state index contributed by atoms with van der Waals surface area (Å²) in [6.07, 6.45) is 0.619. The summed E-state index contributed by atoms with van der Waals surface area (Å²) in [5.41, 5.74) is 1.62. The highest BCUT2D eigenvalue weighted by Crippen LogP contribution is 2.28. The monoisotopic (exact) mass is 541 g/mol. The SMILES string of the molecule is COCCN(CC(=O)N(CCc1ccc(OC)c(OC)c1)Cc1cccs1)C(=O)Nc1ccc(OC)cc1. The van der Waals surface area contributed by atoms with Gasteiger partial charge >= 0.3 is 6.03 Å². The van der Waals surface area contributed by atoms with Gasteiger partial charge < -0.3 is 34.1 Å². The van der Waals surface area contributed by atoms with E-state index in [2.05, 4.69) is 5.32 Å². The smallest absolute Gasteiger partial charge is 0.322 e. The second kappa shape index (κ2) is 14.8. The van der Waals surface area contributed by atoms with Crippen molar-refractivity contribution in [2.75, 3.05) is 60.0 Å². The number of carbonyl (C=O) groups is 2. The number of ether oxygens (including phenoxy) is 4. The zero-order valence-electron chi connectivity index (χ0n) is 22.3. The molecule has 1 N–H and O–H groups in total. The molecule has 0 saturated heterocycles. The maximum absolute atomic E-state index is 13.5. The fourth-order valence-corrected chi connectivity index (χ4v) is 4.50. The van der Waals surface area contributed by atoms with E-state index in [9.17, 15) is 9.59 Å². The molecular weight excluding hydrogens is 506 g/mol. The summed E-state index contributed by atoms with van der Waals surface area (Å²) in [6.45, 7) is 1.43. The number of benzene rings is 2. The predicted octanol–water partition coefficient (Wildman–Crippen LogP) is 4.53. The Kier molecular flexibility index (Phi) is 11.3. The molecule has 0 aliphatic carbocycles. The van der Waals surface area contributed by atoms with Crippen molar-refractivity contribution in [3.63, 3.8) is 0 Å². The molecule has 3 rings (SSSR count). The van der Waals surface area contributed by atoms with E-state index in [4.69, 9.17) is 18.9 Å². The average molecular weight is 542 g/mol.